The fourth-order valence-electron chi connectivity index (χ4n) is 3.42. The van der Waals surface area contributed by atoms with Gasteiger partial charge >= 0.3 is 5.91 Å². The number of thiazole rings is 1. The Hall–Kier alpha value is -2.96. The summed E-state index contributed by atoms with van der Waals surface area (Å²) >= 11 is 7.30. The number of nitrogens with zero attached hydrogens (tertiary/aromatic N) is 2. The van der Waals surface area contributed by atoms with E-state index < -0.39 is 17.7 Å². The Kier molecular flexibility index (Phi) is 5.22. The van der Waals surface area contributed by atoms with Crippen molar-refractivity contribution in [3.63, 3.8) is 0 Å². The minimum atomic E-state index is -0.772. The van der Waals surface area contributed by atoms with E-state index in [2.05, 4.69) is 4.98 Å². The Morgan fingerprint density at radius 1 is 1.03 bits per heavy atom. The normalized spacial score (nSPS) is 18.3. The van der Waals surface area contributed by atoms with Crippen molar-refractivity contribution in [3.8, 4) is 0 Å². The summed E-state index contributed by atoms with van der Waals surface area (Å²) in [5, 5.41) is 12.0. The molecule has 0 aliphatic carbocycles. The number of aryl methyl sites for hydroxylation is 3. The van der Waals surface area contributed by atoms with Gasteiger partial charge in [0, 0.05) is 15.5 Å². The molecular formula is C23H19ClN2O3S. The third kappa shape index (κ3) is 3.42. The molecule has 3 aromatic rings. The van der Waals surface area contributed by atoms with E-state index in [0.717, 1.165) is 21.7 Å². The smallest absolute Gasteiger partial charge is 0.301 e. The van der Waals surface area contributed by atoms with Gasteiger partial charge in [0.15, 0.2) is 5.13 Å². The topological polar surface area (TPSA) is 70.5 Å². The fourth-order valence-corrected chi connectivity index (χ4v) is 4.48. The number of Topliss-reactive ketones (excluding diaryl/α,β-unsaturated/α-hetero) is 1. The molecular weight excluding hydrogens is 420 g/mol. The molecule has 1 atom stereocenters. The van der Waals surface area contributed by atoms with E-state index in [1.54, 1.807) is 24.3 Å². The first-order valence-corrected chi connectivity index (χ1v) is 10.5. The van der Waals surface area contributed by atoms with E-state index >= 15 is 0 Å². The molecule has 1 aliphatic heterocycles. The quantitative estimate of drug-likeness (QED) is 0.340. The zero-order valence-corrected chi connectivity index (χ0v) is 18.2. The van der Waals surface area contributed by atoms with Gasteiger partial charge in [0.25, 0.3) is 5.78 Å². The number of hydrogen-bond donors (Lipinski definition) is 1. The molecule has 0 spiro atoms. The van der Waals surface area contributed by atoms with Crippen molar-refractivity contribution in [2.75, 3.05) is 4.90 Å². The van der Waals surface area contributed by atoms with Crippen molar-refractivity contribution in [3.05, 3.63) is 86.4 Å². The first-order chi connectivity index (χ1) is 14.3. The van der Waals surface area contributed by atoms with Gasteiger partial charge in [0.05, 0.1) is 17.3 Å². The molecule has 7 heteroatoms. The van der Waals surface area contributed by atoms with Crippen molar-refractivity contribution in [2.45, 2.75) is 26.8 Å². The van der Waals surface area contributed by atoms with E-state index in [0.29, 0.717) is 15.7 Å². The third-order valence-electron chi connectivity index (χ3n) is 5.18. The van der Waals surface area contributed by atoms with E-state index in [1.165, 1.54) is 16.2 Å². The van der Waals surface area contributed by atoms with Gasteiger partial charge in [-0.2, -0.15) is 0 Å². The highest BCUT2D eigenvalue weighted by Crippen LogP contribution is 2.43. The van der Waals surface area contributed by atoms with Crippen LogP contribution in [0.2, 0.25) is 5.02 Å². The molecule has 0 radical (unpaired) electrons. The second kappa shape index (κ2) is 7.70. The van der Waals surface area contributed by atoms with Crippen LogP contribution in [0.4, 0.5) is 5.13 Å². The highest BCUT2D eigenvalue weighted by molar-refractivity contribution is 7.16. The molecule has 1 amide bonds. The van der Waals surface area contributed by atoms with Crippen LogP contribution < -0.4 is 4.90 Å². The number of aliphatic hydroxyl groups excluding tert-OH is 1. The van der Waals surface area contributed by atoms with Crippen LogP contribution in [-0.2, 0) is 9.59 Å². The van der Waals surface area contributed by atoms with Crippen LogP contribution in [0.5, 0.6) is 0 Å². The Morgan fingerprint density at radius 3 is 2.23 bits per heavy atom. The van der Waals surface area contributed by atoms with Gasteiger partial charge in [-0.25, -0.2) is 4.98 Å². The highest BCUT2D eigenvalue weighted by Gasteiger charge is 2.48. The number of carbonyl (C=O) groups is 2. The summed E-state index contributed by atoms with van der Waals surface area (Å²) in [5.74, 6) is -1.67. The number of anilines is 1. The molecule has 30 heavy (non-hydrogen) atoms. The molecule has 1 saturated heterocycles. The molecule has 1 fully saturated rings. The van der Waals surface area contributed by atoms with Gasteiger partial charge in [-0.1, -0.05) is 41.4 Å². The van der Waals surface area contributed by atoms with Crippen molar-refractivity contribution < 1.29 is 14.7 Å². The predicted molar refractivity (Wildman–Crippen MR) is 119 cm³/mol. The third-order valence-corrected chi connectivity index (χ3v) is 6.50. The minimum Gasteiger partial charge on any atom is -0.507 e. The Labute approximate surface area is 183 Å². The number of aromatic nitrogens is 1. The van der Waals surface area contributed by atoms with Crippen molar-refractivity contribution in [2.24, 2.45) is 0 Å². The number of amides is 1. The van der Waals surface area contributed by atoms with Crippen molar-refractivity contribution >= 4 is 45.5 Å². The Bertz CT molecular complexity index is 1160. The van der Waals surface area contributed by atoms with E-state index in [1.807, 2.05) is 45.0 Å². The average molecular weight is 439 g/mol. The minimum absolute atomic E-state index is 0.0386. The van der Waals surface area contributed by atoms with E-state index in [4.69, 9.17) is 11.6 Å². The summed E-state index contributed by atoms with van der Waals surface area (Å²) in [4.78, 5) is 33.0. The van der Waals surface area contributed by atoms with Crippen LogP contribution in [0.3, 0.4) is 0 Å². The van der Waals surface area contributed by atoms with E-state index in [-0.39, 0.29) is 11.3 Å². The highest BCUT2D eigenvalue weighted by atomic mass is 35.5. The molecule has 1 unspecified atom stereocenters. The van der Waals surface area contributed by atoms with Crippen LogP contribution in [0, 0.1) is 20.8 Å². The lowest BCUT2D eigenvalue weighted by atomic mass is 9.95. The van der Waals surface area contributed by atoms with Gasteiger partial charge in [0.1, 0.15) is 5.76 Å². The summed E-state index contributed by atoms with van der Waals surface area (Å²) in [6.45, 7) is 5.74. The van der Waals surface area contributed by atoms with Crippen LogP contribution in [0.1, 0.15) is 33.3 Å². The lowest BCUT2D eigenvalue weighted by Gasteiger charge is -2.23. The molecule has 1 aliphatic rings. The zero-order valence-electron chi connectivity index (χ0n) is 16.6. The molecule has 5 nitrogen and oxygen atoms in total. The summed E-state index contributed by atoms with van der Waals surface area (Å²) in [6.07, 6.45) is 0. The van der Waals surface area contributed by atoms with Crippen LogP contribution in [-0.4, -0.2) is 21.8 Å². The van der Waals surface area contributed by atoms with Gasteiger partial charge in [0.2, 0.25) is 0 Å². The maximum Gasteiger partial charge on any atom is 0.301 e. The summed E-state index contributed by atoms with van der Waals surface area (Å²) in [6, 6.07) is 13.3. The van der Waals surface area contributed by atoms with Crippen LogP contribution in [0.25, 0.3) is 5.76 Å². The number of rotatable bonds is 3. The maximum absolute atomic E-state index is 13.1. The molecule has 0 saturated carbocycles. The van der Waals surface area contributed by atoms with Gasteiger partial charge in [-0.05, 0) is 50.6 Å². The standard InChI is InChI=1S/C23H19ClN2O3S/c1-12-4-6-15(7-5-12)19-18(20(27)16-8-10-17(24)11-9-16)21(28)22(29)26(19)23-25-13(2)14(3)30-23/h4-11,19,27H,1-3H3/b20-18+. The summed E-state index contributed by atoms with van der Waals surface area (Å²) in [5.41, 5.74) is 3.03. The number of ketones is 1. The molecule has 4 rings (SSSR count). The fraction of sp³-hybridized carbons (Fsp3) is 0.174. The van der Waals surface area contributed by atoms with E-state index in [9.17, 15) is 14.7 Å². The second-order valence-corrected chi connectivity index (χ2v) is 8.84. The number of aliphatic hydroxyl groups is 1. The maximum atomic E-state index is 13.1. The molecule has 1 N–H and O–H groups in total. The predicted octanol–water partition coefficient (Wildman–Crippen LogP) is 5.35. The van der Waals surface area contributed by atoms with Gasteiger partial charge in [-0.15, -0.1) is 11.3 Å². The number of hydrogen-bond acceptors (Lipinski definition) is 5. The first-order valence-electron chi connectivity index (χ1n) is 9.35. The monoisotopic (exact) mass is 438 g/mol. The summed E-state index contributed by atoms with van der Waals surface area (Å²) in [7, 11) is 0. The van der Waals surface area contributed by atoms with Crippen molar-refractivity contribution in [1.82, 2.24) is 4.98 Å². The molecule has 2 aromatic carbocycles. The lowest BCUT2D eigenvalue weighted by Crippen LogP contribution is -2.29. The number of benzene rings is 2. The second-order valence-electron chi connectivity index (χ2n) is 7.22. The van der Waals surface area contributed by atoms with Crippen LogP contribution >= 0.6 is 22.9 Å². The first kappa shape index (κ1) is 20.3. The van der Waals surface area contributed by atoms with Crippen molar-refractivity contribution in [1.29, 1.82) is 0 Å². The SMILES string of the molecule is Cc1ccc(C2/C(=C(\O)c3ccc(Cl)cc3)C(=O)C(=O)N2c2nc(C)c(C)s2)cc1. The molecule has 1 aromatic heterocycles. The zero-order chi connectivity index (χ0) is 21.6. The lowest BCUT2D eigenvalue weighted by molar-refractivity contribution is -0.132. The molecule has 0 bridgehead atoms. The van der Waals surface area contributed by atoms with Crippen LogP contribution in [0.15, 0.2) is 54.1 Å². The number of halogens is 1. The largest absolute Gasteiger partial charge is 0.507 e. The average Bonchev–Trinajstić information content (AvgIpc) is 3.18. The number of carbonyl (C=O) groups excluding carboxylic acids is 2. The van der Waals surface area contributed by atoms with Gasteiger partial charge < -0.3 is 5.11 Å². The summed E-state index contributed by atoms with van der Waals surface area (Å²) < 4.78 is 0. The molecule has 2 heterocycles. The Balaban J connectivity index is 1.94. The molecule has 152 valence electrons. The Morgan fingerprint density at radius 2 is 1.67 bits per heavy atom. The van der Waals surface area contributed by atoms with Gasteiger partial charge in [-0.3, -0.25) is 14.5 Å².